The molecule has 0 aliphatic heterocycles. The quantitative estimate of drug-likeness (QED) is 0.597. The fraction of sp³-hybridized carbons (Fsp3) is 0.125. The van der Waals surface area contributed by atoms with E-state index in [-0.39, 0.29) is 5.56 Å². The minimum atomic E-state index is -0.957. The smallest absolute Gasteiger partial charge is 0.335 e. The zero-order valence-electron chi connectivity index (χ0n) is 6.97. The third-order valence-corrected chi connectivity index (χ3v) is 1.58. The highest BCUT2D eigenvalue weighted by atomic mass is 32.2. The molecule has 1 N–H and O–H groups in total. The van der Waals surface area contributed by atoms with Gasteiger partial charge in [-0.3, -0.25) is 0 Å². The third kappa shape index (κ3) is 2.87. The molecule has 0 bridgehead atoms. The summed E-state index contributed by atoms with van der Waals surface area (Å²) >= 11 is 1.22. The Hall–Kier alpha value is -1.36. The maximum atomic E-state index is 10.5. The summed E-state index contributed by atoms with van der Waals surface area (Å²) in [7, 11) is 0. The lowest BCUT2D eigenvalue weighted by Gasteiger charge is -1.94. The fourth-order valence-electron chi connectivity index (χ4n) is 0.789. The van der Waals surface area contributed by atoms with Crippen LogP contribution < -0.4 is 0 Å². The molecule has 0 unspecified atom stereocenters. The molecule has 0 atom stereocenters. The highest BCUT2D eigenvalue weighted by Gasteiger charge is 2.01. The van der Waals surface area contributed by atoms with Crippen molar-refractivity contribution in [1.82, 2.24) is 0 Å². The second-order valence-corrected chi connectivity index (χ2v) is 2.75. The maximum Gasteiger partial charge on any atom is 0.335 e. The van der Waals surface area contributed by atoms with Crippen molar-refractivity contribution in [3.63, 3.8) is 0 Å². The van der Waals surface area contributed by atoms with Crippen molar-refractivity contribution < 1.29 is 9.90 Å². The Morgan fingerprint density at radius 3 is 2.92 bits per heavy atom. The molecule has 0 aliphatic rings. The second-order valence-electron chi connectivity index (χ2n) is 2.22. The molecule has 0 saturated heterocycles. The first-order chi connectivity index (χ1) is 6.24. The van der Waals surface area contributed by atoms with E-state index < -0.39 is 5.97 Å². The molecule has 0 aliphatic carbocycles. The van der Waals surface area contributed by atoms with Crippen molar-refractivity contribution in [2.24, 2.45) is 9.63 Å². The standard InChI is InChI=1S/C8H8N2O2S/c1-13-10-9-7-4-2-3-6(5-7)8(11)12/h2-5H,1H3,(H,11,12). The van der Waals surface area contributed by atoms with E-state index >= 15 is 0 Å². The van der Waals surface area contributed by atoms with Gasteiger partial charge in [0.25, 0.3) is 0 Å². The summed E-state index contributed by atoms with van der Waals surface area (Å²) in [6.07, 6.45) is 1.78. The van der Waals surface area contributed by atoms with Crippen molar-refractivity contribution in [2.75, 3.05) is 6.26 Å². The third-order valence-electron chi connectivity index (χ3n) is 1.33. The molecule has 0 fully saturated rings. The van der Waals surface area contributed by atoms with Crippen molar-refractivity contribution in [2.45, 2.75) is 0 Å². The van der Waals surface area contributed by atoms with Gasteiger partial charge in [-0.15, -0.1) is 9.63 Å². The van der Waals surface area contributed by atoms with Gasteiger partial charge in [-0.25, -0.2) is 4.79 Å². The van der Waals surface area contributed by atoms with Crippen molar-refractivity contribution in [3.05, 3.63) is 29.8 Å². The second kappa shape index (κ2) is 4.61. The largest absolute Gasteiger partial charge is 0.478 e. The average molecular weight is 196 g/mol. The monoisotopic (exact) mass is 196 g/mol. The van der Waals surface area contributed by atoms with Gasteiger partial charge >= 0.3 is 5.97 Å². The average Bonchev–Trinajstić information content (AvgIpc) is 2.15. The molecular formula is C8H8N2O2S. The lowest BCUT2D eigenvalue weighted by molar-refractivity contribution is 0.0697. The van der Waals surface area contributed by atoms with Crippen molar-refractivity contribution >= 4 is 23.6 Å². The lowest BCUT2D eigenvalue weighted by atomic mass is 10.2. The van der Waals surface area contributed by atoms with E-state index in [9.17, 15) is 4.79 Å². The summed E-state index contributed by atoms with van der Waals surface area (Å²) in [6, 6.07) is 6.33. The zero-order chi connectivity index (χ0) is 9.68. The Kier molecular flexibility index (Phi) is 3.45. The van der Waals surface area contributed by atoms with Crippen LogP contribution in [0.4, 0.5) is 5.69 Å². The van der Waals surface area contributed by atoms with Crippen LogP contribution in [0, 0.1) is 0 Å². The van der Waals surface area contributed by atoms with Crippen LogP contribution in [0.15, 0.2) is 33.9 Å². The number of carboxylic acid groups (broad SMARTS) is 1. The molecule has 0 saturated carbocycles. The number of carbonyl (C=O) groups is 1. The minimum absolute atomic E-state index is 0.220. The Labute approximate surface area is 79.8 Å². The van der Waals surface area contributed by atoms with E-state index in [1.807, 2.05) is 0 Å². The zero-order valence-corrected chi connectivity index (χ0v) is 7.78. The van der Waals surface area contributed by atoms with Crippen LogP contribution in [-0.2, 0) is 0 Å². The van der Waals surface area contributed by atoms with Gasteiger partial charge in [0.2, 0.25) is 0 Å². The van der Waals surface area contributed by atoms with Crippen LogP contribution in [-0.4, -0.2) is 17.3 Å². The Morgan fingerprint density at radius 2 is 2.31 bits per heavy atom. The topological polar surface area (TPSA) is 62.0 Å². The molecule has 5 heteroatoms. The Bertz CT molecular complexity index is 339. The summed E-state index contributed by atoms with van der Waals surface area (Å²) in [5, 5.41) is 12.4. The molecular weight excluding hydrogens is 188 g/mol. The van der Waals surface area contributed by atoms with E-state index in [1.54, 1.807) is 18.4 Å². The number of benzene rings is 1. The first kappa shape index (κ1) is 9.73. The van der Waals surface area contributed by atoms with Gasteiger partial charge in [0.05, 0.1) is 11.3 Å². The molecule has 0 amide bonds. The van der Waals surface area contributed by atoms with Crippen LogP contribution in [0.25, 0.3) is 0 Å². The van der Waals surface area contributed by atoms with Gasteiger partial charge in [-0.2, -0.15) is 0 Å². The van der Waals surface area contributed by atoms with Gasteiger partial charge < -0.3 is 5.11 Å². The maximum absolute atomic E-state index is 10.5. The minimum Gasteiger partial charge on any atom is -0.478 e. The predicted molar refractivity (Wildman–Crippen MR) is 51.4 cm³/mol. The predicted octanol–water partition coefficient (Wildman–Crippen LogP) is 2.75. The van der Waals surface area contributed by atoms with Gasteiger partial charge in [-0.1, -0.05) is 6.07 Å². The normalized spacial score (nSPS) is 10.5. The van der Waals surface area contributed by atoms with Crippen LogP contribution >= 0.6 is 11.9 Å². The first-order valence-corrected chi connectivity index (χ1v) is 4.70. The first-order valence-electron chi connectivity index (χ1n) is 3.51. The summed E-state index contributed by atoms with van der Waals surface area (Å²) in [4.78, 5) is 10.5. The molecule has 68 valence electrons. The fourth-order valence-corrected chi connectivity index (χ4v) is 0.965. The SMILES string of the molecule is CSN=Nc1cccc(C(=O)O)c1. The summed E-state index contributed by atoms with van der Waals surface area (Å²) in [5.41, 5.74) is 0.770. The number of hydrogen-bond acceptors (Lipinski definition) is 4. The molecule has 4 nitrogen and oxygen atoms in total. The summed E-state index contributed by atoms with van der Waals surface area (Å²) < 4.78 is 3.69. The molecule has 1 aromatic carbocycles. The molecule has 1 rings (SSSR count). The summed E-state index contributed by atoms with van der Waals surface area (Å²) in [6.45, 7) is 0. The molecule has 0 radical (unpaired) electrons. The van der Waals surface area contributed by atoms with E-state index in [2.05, 4.69) is 9.63 Å². The Morgan fingerprint density at radius 1 is 1.54 bits per heavy atom. The van der Waals surface area contributed by atoms with E-state index in [4.69, 9.17) is 5.11 Å². The molecule has 0 aromatic heterocycles. The number of aromatic carboxylic acids is 1. The van der Waals surface area contributed by atoms with Gasteiger partial charge in [0, 0.05) is 6.26 Å². The number of carboxylic acids is 1. The number of hydrogen-bond donors (Lipinski definition) is 1. The lowest BCUT2D eigenvalue weighted by Crippen LogP contribution is -1.94. The molecule has 0 spiro atoms. The van der Waals surface area contributed by atoms with Crippen molar-refractivity contribution in [1.29, 1.82) is 0 Å². The molecule has 13 heavy (non-hydrogen) atoms. The van der Waals surface area contributed by atoms with Crippen LogP contribution in [0.5, 0.6) is 0 Å². The molecule has 1 aromatic rings. The van der Waals surface area contributed by atoms with Crippen LogP contribution in [0.3, 0.4) is 0 Å². The number of rotatable bonds is 3. The van der Waals surface area contributed by atoms with Gasteiger partial charge in [-0.05, 0) is 30.1 Å². The summed E-state index contributed by atoms with van der Waals surface area (Å²) in [5.74, 6) is -0.957. The van der Waals surface area contributed by atoms with Gasteiger partial charge in [0.1, 0.15) is 0 Å². The van der Waals surface area contributed by atoms with E-state index in [0.29, 0.717) is 5.69 Å². The number of nitrogens with zero attached hydrogens (tertiary/aromatic N) is 2. The van der Waals surface area contributed by atoms with Gasteiger partial charge in [0.15, 0.2) is 0 Å². The van der Waals surface area contributed by atoms with Crippen LogP contribution in [0.2, 0.25) is 0 Å². The van der Waals surface area contributed by atoms with Crippen LogP contribution in [0.1, 0.15) is 10.4 Å². The highest BCUT2D eigenvalue weighted by molar-refractivity contribution is 7.97. The molecule has 0 heterocycles. The van der Waals surface area contributed by atoms with E-state index in [1.165, 1.54) is 24.1 Å². The Balaban J connectivity index is 2.92. The highest BCUT2D eigenvalue weighted by Crippen LogP contribution is 2.15. The van der Waals surface area contributed by atoms with Crippen molar-refractivity contribution in [3.8, 4) is 0 Å². The van der Waals surface area contributed by atoms with E-state index in [0.717, 1.165) is 0 Å².